The molecule has 2 N–H and O–H groups in total. The van der Waals surface area contributed by atoms with E-state index in [2.05, 4.69) is 10.1 Å². The second kappa shape index (κ2) is 10.8. The molecule has 182 valence electrons. The molecule has 2 atom stereocenters. The number of ketones is 2. The number of amides is 1. The number of nitrogens with two attached hydrogens (primary N) is 1. The molecule has 0 spiro atoms. The van der Waals surface area contributed by atoms with E-state index in [4.69, 9.17) is 22.2 Å². The lowest BCUT2D eigenvalue weighted by Gasteiger charge is -2.49. The normalized spacial score (nSPS) is 20.1. The van der Waals surface area contributed by atoms with Crippen LogP contribution in [0.4, 0.5) is 5.13 Å². The molecular formula is C24H23ClN4O4S2. The number of carbonyl (C=O) groups is 3. The number of nitrogen functional groups attached to an aromatic ring is 1. The Bertz CT molecular complexity index is 1250. The fourth-order valence-electron chi connectivity index (χ4n) is 4.00. The summed E-state index contributed by atoms with van der Waals surface area (Å²) in [5.41, 5.74) is 9.17. The number of rotatable bonds is 9. The first-order chi connectivity index (χ1) is 16.8. The molecule has 8 nitrogen and oxygen atoms in total. The van der Waals surface area contributed by atoms with Gasteiger partial charge in [0.25, 0.3) is 0 Å². The number of fused-ring (bicyclic) bond motifs is 1. The largest absolute Gasteiger partial charge is 0.398 e. The van der Waals surface area contributed by atoms with Gasteiger partial charge in [-0.05, 0) is 16.7 Å². The van der Waals surface area contributed by atoms with Crippen LogP contribution in [0, 0.1) is 5.92 Å². The topological polar surface area (TPSA) is 115 Å². The van der Waals surface area contributed by atoms with Gasteiger partial charge in [-0.15, -0.1) is 34.7 Å². The van der Waals surface area contributed by atoms with Crippen molar-refractivity contribution >= 4 is 69.1 Å². The Balaban J connectivity index is 1.52. The summed E-state index contributed by atoms with van der Waals surface area (Å²) in [4.78, 5) is 49.0. The van der Waals surface area contributed by atoms with Crippen molar-refractivity contribution in [3.8, 4) is 0 Å². The lowest BCUT2D eigenvalue weighted by molar-refractivity contribution is -0.150. The third-order valence-electron chi connectivity index (χ3n) is 5.67. The molecular weight excluding hydrogens is 508 g/mol. The van der Waals surface area contributed by atoms with E-state index in [1.54, 1.807) is 5.38 Å². The molecule has 4 rings (SSSR count). The number of thioether (sulfide) groups is 1. The number of Topliss-reactive ketones (excluding diaryl/α,β-unsaturated/α-hetero) is 2. The average Bonchev–Trinajstić information content (AvgIpc) is 3.29. The van der Waals surface area contributed by atoms with Crippen LogP contribution in [0.25, 0.3) is 6.08 Å². The van der Waals surface area contributed by atoms with Gasteiger partial charge in [0.05, 0.1) is 17.0 Å². The van der Waals surface area contributed by atoms with Gasteiger partial charge in [-0.2, -0.15) is 0 Å². The maximum atomic E-state index is 13.1. The van der Waals surface area contributed by atoms with E-state index in [1.165, 1.54) is 42.0 Å². The van der Waals surface area contributed by atoms with Crippen LogP contribution in [-0.4, -0.2) is 51.3 Å². The van der Waals surface area contributed by atoms with Crippen LogP contribution < -0.4 is 5.73 Å². The summed E-state index contributed by atoms with van der Waals surface area (Å²) in [5.74, 6) is -0.383. The Kier molecular flexibility index (Phi) is 7.73. The number of anilines is 1. The number of allylic oxidation sites excluding steroid dienone is 2. The molecule has 2 aliphatic rings. The second-order valence-corrected chi connectivity index (χ2v) is 10.2. The van der Waals surface area contributed by atoms with Crippen LogP contribution in [0.3, 0.4) is 0 Å². The van der Waals surface area contributed by atoms with Crippen molar-refractivity contribution in [3.63, 3.8) is 0 Å². The van der Waals surface area contributed by atoms with Crippen LogP contribution in [0.2, 0.25) is 0 Å². The van der Waals surface area contributed by atoms with Gasteiger partial charge in [-0.1, -0.05) is 41.6 Å². The summed E-state index contributed by atoms with van der Waals surface area (Å²) < 4.78 is 0. The van der Waals surface area contributed by atoms with Gasteiger partial charge in [-0.3, -0.25) is 19.3 Å². The third kappa shape index (κ3) is 5.19. The zero-order chi connectivity index (χ0) is 25.1. The first-order valence-corrected chi connectivity index (χ1v) is 13.2. The van der Waals surface area contributed by atoms with Crippen LogP contribution in [0.1, 0.15) is 30.2 Å². The number of hydrogen-bond acceptors (Lipinski definition) is 9. The van der Waals surface area contributed by atoms with Crippen LogP contribution in [0.5, 0.6) is 0 Å². The van der Waals surface area contributed by atoms with Gasteiger partial charge >= 0.3 is 0 Å². The zero-order valence-corrected chi connectivity index (χ0v) is 21.5. The molecule has 0 bridgehead atoms. The molecule has 11 heteroatoms. The molecule has 2 aromatic rings. The number of carbonyl (C=O) groups excluding carboxylic acids is 3. The van der Waals surface area contributed by atoms with Crippen molar-refractivity contribution in [1.82, 2.24) is 9.88 Å². The number of oxime groups is 1. The Morgan fingerprint density at radius 2 is 2.06 bits per heavy atom. The van der Waals surface area contributed by atoms with Crippen molar-refractivity contribution in [2.24, 2.45) is 11.1 Å². The quantitative estimate of drug-likeness (QED) is 0.226. The summed E-state index contributed by atoms with van der Waals surface area (Å²) in [7, 11) is 1.33. The van der Waals surface area contributed by atoms with Gasteiger partial charge in [0.2, 0.25) is 5.91 Å². The van der Waals surface area contributed by atoms with Crippen LogP contribution >= 0.6 is 34.7 Å². The van der Waals surface area contributed by atoms with Gasteiger partial charge in [0.15, 0.2) is 22.4 Å². The van der Waals surface area contributed by atoms with Crippen molar-refractivity contribution in [3.05, 3.63) is 63.8 Å². The lowest BCUT2D eigenvalue weighted by atomic mass is 9.88. The molecule has 1 amide bonds. The van der Waals surface area contributed by atoms with Gasteiger partial charge in [0.1, 0.15) is 12.8 Å². The average molecular weight is 531 g/mol. The zero-order valence-electron chi connectivity index (χ0n) is 19.1. The molecule has 3 heterocycles. The van der Waals surface area contributed by atoms with Crippen LogP contribution in [-0.2, 0) is 25.1 Å². The van der Waals surface area contributed by atoms with E-state index in [-0.39, 0.29) is 35.0 Å². The molecule has 1 aromatic carbocycles. The fourth-order valence-corrected chi connectivity index (χ4v) is 6.11. The molecule has 0 radical (unpaired) electrons. The van der Waals surface area contributed by atoms with Gasteiger partial charge < -0.3 is 10.6 Å². The Hall–Kier alpha value is -2.95. The maximum Gasteiger partial charge on any atom is 0.234 e. The highest BCUT2D eigenvalue weighted by Gasteiger charge is 2.53. The summed E-state index contributed by atoms with van der Waals surface area (Å²) in [5, 5.41) is 5.44. The number of aromatic nitrogens is 1. The number of nitrogens with zero attached hydrogens (tertiary/aromatic N) is 3. The second-order valence-electron chi connectivity index (χ2n) is 7.98. The number of alkyl halides is 1. The molecule has 0 saturated carbocycles. The lowest BCUT2D eigenvalue weighted by Crippen LogP contribution is -2.61. The fraction of sp³-hybridized carbons (Fsp3) is 0.292. The van der Waals surface area contributed by atoms with Crippen molar-refractivity contribution < 1.29 is 19.2 Å². The smallest absolute Gasteiger partial charge is 0.234 e. The number of β-lactam (4-membered cyclic amide) rings is 1. The van der Waals surface area contributed by atoms with E-state index >= 15 is 0 Å². The monoisotopic (exact) mass is 530 g/mol. The maximum absolute atomic E-state index is 13.1. The number of benzene rings is 1. The Morgan fingerprint density at radius 1 is 1.31 bits per heavy atom. The molecule has 1 aromatic heterocycles. The minimum Gasteiger partial charge on any atom is -0.398 e. The Morgan fingerprint density at radius 3 is 2.66 bits per heavy atom. The predicted molar refractivity (Wildman–Crippen MR) is 139 cm³/mol. The molecule has 0 aliphatic carbocycles. The van der Waals surface area contributed by atoms with E-state index in [0.717, 1.165) is 16.7 Å². The first-order valence-electron chi connectivity index (χ1n) is 10.7. The molecule has 1 fully saturated rings. The highest BCUT2D eigenvalue weighted by Crippen LogP contribution is 2.45. The van der Waals surface area contributed by atoms with E-state index in [9.17, 15) is 14.4 Å². The summed E-state index contributed by atoms with van der Waals surface area (Å²) in [6.45, 7) is 1.45. The summed E-state index contributed by atoms with van der Waals surface area (Å²) in [6.07, 6.45) is 3.72. The third-order valence-corrected chi connectivity index (χ3v) is 8.01. The Labute approximate surface area is 215 Å². The van der Waals surface area contributed by atoms with Gasteiger partial charge in [0, 0.05) is 30.4 Å². The SMILES string of the molecule is CO/N=C(\C(=O)C[C@@H]1C(=O)N2C(C(C)=O)=C(/C=C/c3ccc(CCl)cc3)CS[C@H]12)c1csc(N)n1. The van der Waals surface area contributed by atoms with E-state index in [0.29, 0.717) is 28.2 Å². The van der Waals surface area contributed by atoms with Crippen molar-refractivity contribution in [1.29, 1.82) is 0 Å². The van der Waals surface area contributed by atoms with Crippen molar-refractivity contribution in [2.75, 3.05) is 18.6 Å². The minimum absolute atomic E-state index is 0.0265. The van der Waals surface area contributed by atoms with E-state index < -0.39 is 5.92 Å². The molecule has 35 heavy (non-hydrogen) atoms. The van der Waals surface area contributed by atoms with Gasteiger partial charge in [-0.25, -0.2) is 4.98 Å². The summed E-state index contributed by atoms with van der Waals surface area (Å²) >= 11 is 8.56. The van der Waals surface area contributed by atoms with Crippen molar-refractivity contribution in [2.45, 2.75) is 24.6 Å². The first kappa shape index (κ1) is 25.2. The number of hydrogen-bond donors (Lipinski definition) is 1. The molecule has 2 aliphatic heterocycles. The number of thiazole rings is 1. The number of halogens is 1. The molecule has 0 unspecified atom stereocenters. The minimum atomic E-state index is -0.562. The highest BCUT2D eigenvalue weighted by molar-refractivity contribution is 8.00. The standard InChI is InChI=1S/C24H23ClN4O4S2/c1-13(30)21-16(8-7-14-3-5-15(10-25)6-4-14)11-34-23-17(22(32)29(21)23)9-19(31)20(28-33-2)18-12-35-24(26)27-18/h3-8,12,17,23H,9-11H2,1-2H3,(H2,26,27)/b8-7+,28-20-/t17-,23-/m1/s1. The van der Waals surface area contributed by atoms with E-state index in [1.807, 2.05) is 36.4 Å². The molecule has 1 saturated heterocycles. The summed E-state index contributed by atoms with van der Waals surface area (Å²) in [6, 6.07) is 7.79. The van der Waals surface area contributed by atoms with Crippen LogP contribution in [0.15, 0.2) is 52.1 Å². The predicted octanol–water partition coefficient (Wildman–Crippen LogP) is 3.86. The highest BCUT2D eigenvalue weighted by atomic mass is 35.5.